The van der Waals surface area contributed by atoms with Crippen LogP contribution in [0.25, 0.3) is 0 Å². The van der Waals surface area contributed by atoms with Gasteiger partial charge in [-0.25, -0.2) is 0 Å². The van der Waals surface area contributed by atoms with Crippen LogP contribution in [0.2, 0.25) is 5.02 Å². The van der Waals surface area contributed by atoms with Crippen LogP contribution in [0.1, 0.15) is 38.1 Å². The number of hydrogen-bond donors (Lipinski definition) is 0. The van der Waals surface area contributed by atoms with Crippen molar-refractivity contribution in [3.8, 4) is 0 Å². The molecule has 1 aliphatic rings. The van der Waals surface area contributed by atoms with Gasteiger partial charge in [0.2, 0.25) is 0 Å². The first-order valence-electron chi connectivity index (χ1n) is 10.3. The lowest BCUT2D eigenvalue weighted by Crippen LogP contribution is -2.41. The molecule has 1 amide bonds. The molecule has 0 unspecified atom stereocenters. The van der Waals surface area contributed by atoms with E-state index >= 15 is 0 Å². The smallest absolute Gasteiger partial charge is 0.399 e. The van der Waals surface area contributed by atoms with Crippen molar-refractivity contribution >= 4 is 41.5 Å². The number of carbonyl (C=O) groups excluding carboxylic acids is 1. The molecule has 4 nitrogen and oxygen atoms in total. The third-order valence-corrected chi connectivity index (χ3v) is 6.14. The summed E-state index contributed by atoms with van der Waals surface area (Å²) in [5.74, 6) is -0.183. The molecule has 0 radical (unpaired) electrons. The Hall–Kier alpha value is -2.60. The SMILES string of the molecule is CC1(C)OB(c2cc(Cl)cc(C(=O)N(c3ccccc3)c3ccccc3)c2)OC1(C)C. The Labute approximate surface area is 188 Å². The average Bonchev–Trinajstić information content (AvgIpc) is 2.96. The first kappa shape index (κ1) is 21.6. The average molecular weight is 434 g/mol. The van der Waals surface area contributed by atoms with Crippen molar-refractivity contribution in [1.29, 1.82) is 0 Å². The minimum atomic E-state index is -0.600. The topological polar surface area (TPSA) is 38.8 Å². The third-order valence-electron chi connectivity index (χ3n) is 5.92. The van der Waals surface area contributed by atoms with E-state index in [9.17, 15) is 4.79 Å². The van der Waals surface area contributed by atoms with Crippen molar-refractivity contribution in [2.45, 2.75) is 38.9 Å². The predicted octanol–water partition coefficient (Wildman–Crippen LogP) is 5.62. The number of benzene rings is 3. The standard InChI is InChI=1S/C25H25BClNO3/c1-24(2)25(3,4)31-26(30-24)19-15-18(16-20(27)17-19)23(29)28(21-11-7-5-8-12-21)22-13-9-6-10-14-22/h5-17H,1-4H3. The molecule has 1 fully saturated rings. The maximum absolute atomic E-state index is 13.7. The highest BCUT2D eigenvalue weighted by atomic mass is 35.5. The van der Waals surface area contributed by atoms with E-state index in [1.54, 1.807) is 23.1 Å². The number of nitrogens with zero attached hydrogens (tertiary/aromatic N) is 1. The maximum atomic E-state index is 13.7. The number of halogens is 1. The second kappa shape index (κ2) is 8.15. The van der Waals surface area contributed by atoms with E-state index in [4.69, 9.17) is 20.9 Å². The summed E-state index contributed by atoms with van der Waals surface area (Å²) in [5.41, 5.74) is 1.77. The van der Waals surface area contributed by atoms with Gasteiger partial charge >= 0.3 is 7.12 Å². The number of para-hydroxylation sites is 2. The second-order valence-corrected chi connectivity index (χ2v) is 9.11. The lowest BCUT2D eigenvalue weighted by molar-refractivity contribution is 0.00578. The minimum absolute atomic E-state index is 0.183. The molecule has 1 heterocycles. The highest BCUT2D eigenvalue weighted by Crippen LogP contribution is 2.37. The van der Waals surface area contributed by atoms with Crippen LogP contribution in [0.5, 0.6) is 0 Å². The molecule has 0 aliphatic carbocycles. The fourth-order valence-electron chi connectivity index (χ4n) is 3.52. The monoisotopic (exact) mass is 433 g/mol. The van der Waals surface area contributed by atoms with Crippen molar-refractivity contribution in [2.24, 2.45) is 0 Å². The maximum Gasteiger partial charge on any atom is 0.494 e. The highest BCUT2D eigenvalue weighted by Gasteiger charge is 2.51. The Morgan fingerprint density at radius 1 is 0.806 bits per heavy atom. The molecule has 4 rings (SSSR count). The van der Waals surface area contributed by atoms with Gasteiger partial charge in [-0.15, -0.1) is 0 Å². The van der Waals surface area contributed by atoms with E-state index in [0.717, 1.165) is 16.8 Å². The molecule has 0 saturated carbocycles. The summed E-state index contributed by atoms with van der Waals surface area (Å²) in [6, 6.07) is 24.4. The Kier molecular flexibility index (Phi) is 5.69. The van der Waals surface area contributed by atoms with Gasteiger partial charge in [-0.3, -0.25) is 9.69 Å². The van der Waals surface area contributed by atoms with E-state index < -0.39 is 18.3 Å². The summed E-state index contributed by atoms with van der Waals surface area (Å²) in [6.07, 6.45) is 0. The number of anilines is 2. The predicted molar refractivity (Wildman–Crippen MR) is 127 cm³/mol. The fourth-order valence-corrected chi connectivity index (χ4v) is 3.76. The molecule has 0 bridgehead atoms. The van der Waals surface area contributed by atoms with Crippen LogP contribution in [0.15, 0.2) is 78.9 Å². The van der Waals surface area contributed by atoms with Gasteiger partial charge in [0, 0.05) is 22.0 Å². The van der Waals surface area contributed by atoms with E-state index in [0.29, 0.717) is 10.6 Å². The van der Waals surface area contributed by atoms with Crippen molar-refractivity contribution in [1.82, 2.24) is 0 Å². The van der Waals surface area contributed by atoms with E-state index in [-0.39, 0.29) is 5.91 Å². The largest absolute Gasteiger partial charge is 0.494 e. The number of carbonyl (C=O) groups is 1. The molecule has 3 aromatic rings. The summed E-state index contributed by atoms with van der Waals surface area (Å²) in [7, 11) is -0.600. The summed E-state index contributed by atoms with van der Waals surface area (Å²) in [6.45, 7) is 7.98. The van der Waals surface area contributed by atoms with Gasteiger partial charge in [0.1, 0.15) is 0 Å². The van der Waals surface area contributed by atoms with Gasteiger partial charge < -0.3 is 9.31 Å². The van der Waals surface area contributed by atoms with Gasteiger partial charge in [0.05, 0.1) is 11.2 Å². The quantitative estimate of drug-likeness (QED) is 0.501. The van der Waals surface area contributed by atoms with Gasteiger partial charge in [-0.1, -0.05) is 48.0 Å². The van der Waals surface area contributed by atoms with E-state index in [1.165, 1.54) is 0 Å². The van der Waals surface area contributed by atoms with Crippen LogP contribution in [-0.2, 0) is 9.31 Å². The Morgan fingerprint density at radius 2 is 1.29 bits per heavy atom. The Bertz CT molecular complexity index is 1030. The molecule has 6 heteroatoms. The van der Waals surface area contributed by atoms with E-state index in [2.05, 4.69) is 0 Å². The van der Waals surface area contributed by atoms with Crippen LogP contribution in [0.3, 0.4) is 0 Å². The van der Waals surface area contributed by atoms with Gasteiger partial charge in [-0.05, 0) is 75.6 Å². The summed E-state index contributed by atoms with van der Waals surface area (Å²) >= 11 is 6.43. The summed E-state index contributed by atoms with van der Waals surface area (Å²) < 4.78 is 12.3. The lowest BCUT2D eigenvalue weighted by Gasteiger charge is -2.32. The molecule has 3 aromatic carbocycles. The molecular formula is C25H25BClNO3. The number of rotatable bonds is 4. The zero-order chi connectivity index (χ0) is 22.2. The number of hydrogen-bond acceptors (Lipinski definition) is 3. The normalized spacial score (nSPS) is 16.9. The van der Waals surface area contributed by atoms with Gasteiger partial charge in [0.15, 0.2) is 0 Å². The van der Waals surface area contributed by atoms with Crippen LogP contribution in [-0.4, -0.2) is 24.2 Å². The minimum Gasteiger partial charge on any atom is -0.399 e. The Morgan fingerprint density at radius 3 is 1.77 bits per heavy atom. The van der Waals surface area contributed by atoms with Gasteiger partial charge in [-0.2, -0.15) is 0 Å². The lowest BCUT2D eigenvalue weighted by atomic mass is 9.78. The highest BCUT2D eigenvalue weighted by molar-refractivity contribution is 6.62. The zero-order valence-electron chi connectivity index (χ0n) is 18.1. The van der Waals surface area contributed by atoms with Crippen molar-refractivity contribution < 1.29 is 14.1 Å². The first-order valence-corrected chi connectivity index (χ1v) is 10.7. The molecule has 1 saturated heterocycles. The molecular weight excluding hydrogens is 409 g/mol. The van der Waals surface area contributed by atoms with Crippen LogP contribution in [0.4, 0.5) is 11.4 Å². The van der Waals surface area contributed by atoms with Crippen molar-refractivity contribution in [3.05, 3.63) is 89.4 Å². The molecule has 0 spiro atoms. The molecule has 31 heavy (non-hydrogen) atoms. The summed E-state index contributed by atoms with van der Waals surface area (Å²) in [5, 5.41) is 0.455. The van der Waals surface area contributed by atoms with E-state index in [1.807, 2.05) is 88.4 Å². The molecule has 0 aromatic heterocycles. The van der Waals surface area contributed by atoms with Crippen molar-refractivity contribution in [3.63, 3.8) is 0 Å². The Balaban J connectivity index is 1.74. The molecule has 0 atom stereocenters. The summed E-state index contributed by atoms with van der Waals surface area (Å²) in [4.78, 5) is 15.4. The van der Waals surface area contributed by atoms with Crippen molar-refractivity contribution in [2.75, 3.05) is 4.90 Å². The third kappa shape index (κ3) is 4.26. The molecule has 158 valence electrons. The molecule has 1 aliphatic heterocycles. The van der Waals surface area contributed by atoms with Gasteiger partial charge in [0.25, 0.3) is 5.91 Å². The number of amides is 1. The van der Waals surface area contributed by atoms with Crippen LogP contribution >= 0.6 is 11.6 Å². The fraction of sp³-hybridized carbons (Fsp3) is 0.240. The molecule has 0 N–H and O–H groups in total. The second-order valence-electron chi connectivity index (χ2n) is 8.67. The first-order chi connectivity index (χ1) is 14.7. The van der Waals surface area contributed by atoms with Crippen LogP contribution < -0.4 is 10.4 Å². The van der Waals surface area contributed by atoms with Crippen LogP contribution in [0, 0.1) is 0 Å². The zero-order valence-corrected chi connectivity index (χ0v) is 18.9.